The number of nitrogens with one attached hydrogen (secondary N) is 3. The number of benzene rings is 4. The summed E-state index contributed by atoms with van der Waals surface area (Å²) in [4.78, 5) is 69.1. The summed E-state index contributed by atoms with van der Waals surface area (Å²) in [7, 11) is 2.78. The maximum Gasteiger partial charge on any atom is 0.377 e. The first-order valence-corrected chi connectivity index (χ1v) is 23.7. The van der Waals surface area contributed by atoms with Crippen molar-refractivity contribution in [2.45, 2.75) is 81.7 Å². The Morgan fingerprint density at radius 1 is 0.985 bits per heavy atom. The Kier molecular flexibility index (Phi) is 15.9. The van der Waals surface area contributed by atoms with Gasteiger partial charge in [0.1, 0.15) is 12.9 Å². The Morgan fingerprint density at radius 2 is 1.74 bits per heavy atom. The predicted octanol–water partition coefficient (Wildman–Crippen LogP) is 8.34. The van der Waals surface area contributed by atoms with E-state index in [0.29, 0.717) is 49.0 Å². The number of hydrogen-bond donors (Lipinski definition) is 5. The minimum Gasteiger partial charge on any atom is -0.475 e. The fourth-order valence-corrected chi connectivity index (χ4v) is 10.7. The molecule has 68 heavy (non-hydrogen) atoms. The van der Waals surface area contributed by atoms with Crippen molar-refractivity contribution >= 4 is 70.3 Å². The van der Waals surface area contributed by atoms with Gasteiger partial charge in [-0.25, -0.2) is 13.9 Å². The summed E-state index contributed by atoms with van der Waals surface area (Å²) in [5.74, 6) is -1.07. The minimum absolute atomic E-state index is 0.0841. The van der Waals surface area contributed by atoms with E-state index in [-0.39, 0.29) is 53.9 Å². The van der Waals surface area contributed by atoms with E-state index < -0.39 is 11.7 Å². The largest absolute Gasteiger partial charge is 0.475 e. The first kappa shape index (κ1) is 49.2. The molecule has 2 unspecified atom stereocenters. The molecule has 0 bridgehead atoms. The van der Waals surface area contributed by atoms with Crippen LogP contribution in [0, 0.1) is 0 Å². The van der Waals surface area contributed by atoms with Crippen LogP contribution in [0.25, 0.3) is 22.2 Å². The second-order valence-electron chi connectivity index (χ2n) is 17.5. The summed E-state index contributed by atoms with van der Waals surface area (Å²) in [6.45, 7) is 10.4. The van der Waals surface area contributed by atoms with Gasteiger partial charge in [0.2, 0.25) is 5.89 Å². The van der Waals surface area contributed by atoms with Crippen molar-refractivity contribution in [2.24, 2.45) is 0 Å². The number of nitrogens with zero attached hydrogens (tertiary/aromatic N) is 4. The lowest BCUT2D eigenvalue weighted by atomic mass is 9.85. The van der Waals surface area contributed by atoms with Gasteiger partial charge in [-0.2, -0.15) is 4.98 Å². The minimum atomic E-state index is -1.34. The number of urea groups is 1. The number of aliphatic hydroxyl groups excluding tert-OH is 1. The molecule has 2 saturated heterocycles. The van der Waals surface area contributed by atoms with Crippen LogP contribution in [0.15, 0.2) is 95.6 Å². The smallest absolute Gasteiger partial charge is 0.377 e. The summed E-state index contributed by atoms with van der Waals surface area (Å²) < 4.78 is 13.1. The van der Waals surface area contributed by atoms with Crippen molar-refractivity contribution in [1.82, 2.24) is 19.5 Å². The molecule has 8 rings (SSSR count). The zero-order chi connectivity index (χ0) is 48.5. The maximum atomic E-state index is 13.8. The molecule has 3 aliphatic heterocycles. The lowest BCUT2D eigenvalue weighted by Gasteiger charge is -2.45. The summed E-state index contributed by atoms with van der Waals surface area (Å²) in [6, 6.07) is 25.2. The van der Waals surface area contributed by atoms with Gasteiger partial charge in [0, 0.05) is 91.1 Å². The number of likely N-dealkylation sites (N-methyl/N-ethyl adjacent to an activating group) is 1. The Balaban J connectivity index is 0.00000338. The molecule has 5 N–H and O–H groups in total. The monoisotopic (exact) mass is 945 g/mol. The Bertz CT molecular complexity index is 2660. The Morgan fingerprint density at radius 3 is 2.46 bits per heavy atom. The molecule has 2 atom stereocenters. The number of carbonyl (C=O) groups excluding carboxylic acids is 4. The van der Waals surface area contributed by atoms with E-state index in [1.54, 1.807) is 30.0 Å². The molecule has 2 fully saturated rings. The summed E-state index contributed by atoms with van der Waals surface area (Å²) in [6.07, 6.45) is 5.56. The topological polar surface area (TPSA) is 207 Å². The van der Waals surface area contributed by atoms with Gasteiger partial charge in [0.15, 0.2) is 6.29 Å². The summed E-state index contributed by atoms with van der Waals surface area (Å²) in [5, 5.41) is 28.4. The number of amides is 3. The highest BCUT2D eigenvalue weighted by atomic mass is 32.2. The lowest BCUT2D eigenvalue weighted by molar-refractivity contribution is -0.109. The maximum absolute atomic E-state index is 13.8. The third-order valence-electron chi connectivity index (χ3n) is 12.8. The number of likely N-dealkylation sites (tertiary alicyclic amines) is 1. The number of anilines is 3. The zero-order valence-electron chi connectivity index (χ0n) is 38.8. The number of aromatic nitrogens is 1. The number of aromatic carboxylic acids is 1. The molecule has 0 radical (unpaired) electrons. The van der Waals surface area contributed by atoms with Crippen LogP contribution in [0.4, 0.5) is 21.9 Å². The number of aliphatic hydroxyl groups is 1. The number of carboxylic acid groups (broad SMARTS) is 1. The van der Waals surface area contributed by atoms with Gasteiger partial charge in [-0.15, -0.1) is 0 Å². The van der Waals surface area contributed by atoms with Gasteiger partial charge in [-0.05, 0) is 111 Å². The number of piperidine rings is 2. The summed E-state index contributed by atoms with van der Waals surface area (Å²) >= 11 is 1.78. The molecule has 16 nitrogen and oxygen atoms in total. The van der Waals surface area contributed by atoms with Gasteiger partial charge in [-0.3, -0.25) is 14.5 Å². The molecule has 3 amide bonds. The quantitative estimate of drug-likeness (QED) is 0.0414. The van der Waals surface area contributed by atoms with Gasteiger partial charge in [0.05, 0.1) is 11.7 Å². The molecule has 1 aromatic heterocycles. The standard InChI is InChI=1S/C50H55N7O8S.CH4O/c1-31(51-4)41(15-8-24-58)57-42-17-16-38(39-13-7-14-40(43(39)42)47(57)60)33-18-21-55(22-19-33)49(63)53-35-11-5-9-32(27-35)30-66-56-23-20-37(29-50(56,2)3)52-36-12-6-10-34(28-36)45-54-46(64-26-25-59)44(65-45)48(61)62;1-2/h5-7,9-14,16-17,24-25,27-28,33,37,41,51-52H,1,8,15,18-23,26,29-30H2,2-4H3,(H,53,63)(H,61,62);2H,1H3. The van der Waals surface area contributed by atoms with E-state index >= 15 is 0 Å². The molecule has 4 heterocycles. The van der Waals surface area contributed by atoms with Crippen LogP contribution in [0.5, 0.6) is 5.88 Å². The highest BCUT2D eigenvalue weighted by molar-refractivity contribution is 7.96. The Labute approximate surface area is 400 Å². The molecule has 17 heteroatoms. The normalized spacial score (nSPS) is 17.2. The molecular formula is C51H59N7O9S. The van der Waals surface area contributed by atoms with E-state index in [2.05, 4.69) is 63.9 Å². The molecule has 3 aliphatic rings. The van der Waals surface area contributed by atoms with Crippen LogP contribution in [0.2, 0.25) is 0 Å². The van der Waals surface area contributed by atoms with Crippen molar-refractivity contribution in [1.29, 1.82) is 0 Å². The second kappa shape index (κ2) is 22.0. The van der Waals surface area contributed by atoms with Crippen molar-refractivity contribution in [3.05, 3.63) is 114 Å². The number of hydrogen-bond acceptors (Lipinski definition) is 13. The van der Waals surface area contributed by atoms with Gasteiger partial charge < -0.3 is 45.0 Å². The molecule has 4 aromatic carbocycles. The Hall–Kier alpha value is -6.69. The van der Waals surface area contributed by atoms with Gasteiger partial charge in [-0.1, -0.05) is 54.9 Å². The lowest BCUT2D eigenvalue weighted by Crippen LogP contribution is -2.49. The SMILES string of the molecule is C=C(NC)C(CCC=O)N1C(=O)c2cccc3c(C4CCN(C(=O)Nc5cccc(CSN6CCC(Nc7cccc(-c8nc(OCC=O)c(C(=O)O)o8)c7)CC6(C)C)c5)CC4)ccc1c23.CO. The average molecular weight is 946 g/mol. The highest BCUT2D eigenvalue weighted by Gasteiger charge is 2.38. The number of carboxylic acids is 1. The fraction of sp³-hybridized carbons (Fsp3) is 0.373. The molecule has 358 valence electrons. The van der Waals surface area contributed by atoms with Crippen molar-refractivity contribution in [3.63, 3.8) is 0 Å². The van der Waals surface area contributed by atoms with E-state index in [4.69, 9.17) is 14.3 Å². The van der Waals surface area contributed by atoms with Crippen LogP contribution in [-0.2, 0) is 15.3 Å². The highest BCUT2D eigenvalue weighted by Crippen LogP contribution is 2.44. The third-order valence-corrected chi connectivity index (χ3v) is 14.3. The van der Waals surface area contributed by atoms with Crippen LogP contribution in [-0.4, -0.2) is 113 Å². The summed E-state index contributed by atoms with van der Waals surface area (Å²) in [5.41, 5.74) is 6.53. The van der Waals surface area contributed by atoms with Crippen molar-refractivity contribution < 1.29 is 43.3 Å². The fourth-order valence-electron chi connectivity index (χ4n) is 9.53. The molecule has 0 saturated carbocycles. The van der Waals surface area contributed by atoms with Crippen LogP contribution < -0.4 is 25.6 Å². The van der Waals surface area contributed by atoms with Crippen molar-refractivity contribution in [3.8, 4) is 17.3 Å². The average Bonchev–Trinajstić information content (AvgIpc) is 3.91. The molecule has 5 aromatic rings. The van der Waals surface area contributed by atoms with Gasteiger partial charge >= 0.3 is 12.0 Å². The number of ether oxygens (including phenoxy) is 1. The second-order valence-corrected chi connectivity index (χ2v) is 18.5. The first-order chi connectivity index (χ1) is 32.9. The zero-order valence-corrected chi connectivity index (χ0v) is 39.6. The van der Waals surface area contributed by atoms with Crippen molar-refractivity contribution in [2.75, 3.05) is 55.9 Å². The number of aldehydes is 2. The van der Waals surface area contributed by atoms with E-state index in [1.165, 1.54) is 5.56 Å². The van der Waals surface area contributed by atoms with Crippen LogP contribution in [0.1, 0.15) is 90.3 Å². The molecular weight excluding hydrogens is 887 g/mol. The van der Waals surface area contributed by atoms with Crippen LogP contribution in [0.3, 0.4) is 0 Å². The number of oxazole rings is 1. The van der Waals surface area contributed by atoms with Crippen LogP contribution >= 0.6 is 11.9 Å². The van der Waals surface area contributed by atoms with E-state index in [9.17, 15) is 29.1 Å². The number of rotatable bonds is 18. The van der Waals surface area contributed by atoms with E-state index in [0.717, 1.165) is 84.8 Å². The molecule has 0 spiro atoms. The predicted molar refractivity (Wildman–Crippen MR) is 264 cm³/mol. The third kappa shape index (κ3) is 10.7. The van der Waals surface area contributed by atoms with Gasteiger partial charge in [0.25, 0.3) is 17.5 Å². The first-order valence-electron chi connectivity index (χ1n) is 22.8. The number of carbonyl (C=O) groups is 5. The van der Waals surface area contributed by atoms with E-state index in [1.807, 2.05) is 59.5 Å². The molecule has 0 aliphatic carbocycles.